The molecule has 1 aromatic heterocycles. The highest BCUT2D eigenvalue weighted by Crippen LogP contribution is 2.33. The summed E-state index contributed by atoms with van der Waals surface area (Å²) in [7, 11) is 3.28. The van der Waals surface area contributed by atoms with Crippen molar-refractivity contribution in [2.45, 2.75) is 0 Å². The lowest BCUT2D eigenvalue weighted by Gasteiger charge is -2.28. The quantitative estimate of drug-likeness (QED) is 0.694. The molecule has 0 saturated carbocycles. The Kier molecular flexibility index (Phi) is 4.98. The molecule has 0 N–H and O–H groups in total. The van der Waals surface area contributed by atoms with Crippen molar-refractivity contribution >= 4 is 5.69 Å². The topological polar surface area (TPSA) is 48.8 Å². The summed E-state index contributed by atoms with van der Waals surface area (Å²) in [5.41, 5.74) is 4.24. The third-order valence-corrected chi connectivity index (χ3v) is 4.79. The maximum absolute atomic E-state index is 5.43. The summed E-state index contributed by atoms with van der Waals surface area (Å²) in [6, 6.07) is 16.4. The number of benzene rings is 2. The van der Waals surface area contributed by atoms with Crippen molar-refractivity contribution in [3.63, 3.8) is 0 Å². The molecule has 27 heavy (non-hydrogen) atoms. The van der Waals surface area contributed by atoms with Crippen LogP contribution in [-0.2, 0) is 4.74 Å². The van der Waals surface area contributed by atoms with E-state index >= 15 is 0 Å². The van der Waals surface area contributed by atoms with Crippen molar-refractivity contribution in [1.29, 1.82) is 0 Å². The van der Waals surface area contributed by atoms with Crippen LogP contribution < -0.4 is 14.4 Å². The first-order chi connectivity index (χ1) is 13.3. The fraction of sp³-hybridized carbons (Fsp3) is 0.286. The number of nitrogens with zero attached hydrogens (tertiary/aromatic N) is 3. The Bertz CT molecular complexity index is 899. The van der Waals surface area contributed by atoms with Gasteiger partial charge in [-0.15, -0.1) is 0 Å². The summed E-state index contributed by atoms with van der Waals surface area (Å²) in [6.07, 6.45) is 1.81. The van der Waals surface area contributed by atoms with E-state index in [1.807, 2.05) is 35.1 Å². The zero-order valence-electron chi connectivity index (χ0n) is 15.6. The van der Waals surface area contributed by atoms with E-state index in [-0.39, 0.29) is 0 Å². The summed E-state index contributed by atoms with van der Waals surface area (Å²) in [5.74, 6) is 1.41. The largest absolute Gasteiger partial charge is 0.493 e. The van der Waals surface area contributed by atoms with Gasteiger partial charge in [-0.1, -0.05) is 0 Å². The highest BCUT2D eigenvalue weighted by atomic mass is 16.5. The molecule has 0 spiro atoms. The molecular formula is C21H23N3O3. The van der Waals surface area contributed by atoms with Gasteiger partial charge in [-0.3, -0.25) is 0 Å². The van der Waals surface area contributed by atoms with Crippen LogP contribution in [0.3, 0.4) is 0 Å². The van der Waals surface area contributed by atoms with Gasteiger partial charge in [-0.25, -0.2) is 4.68 Å². The molecule has 1 aliphatic heterocycles. The van der Waals surface area contributed by atoms with Gasteiger partial charge in [0.15, 0.2) is 11.5 Å². The zero-order chi connectivity index (χ0) is 18.6. The number of methoxy groups -OCH3 is 2. The average Bonchev–Trinajstić information content (AvgIpc) is 3.24. The van der Waals surface area contributed by atoms with E-state index in [4.69, 9.17) is 14.2 Å². The predicted octanol–water partition coefficient (Wildman–Crippen LogP) is 3.39. The second kappa shape index (κ2) is 7.72. The number of morpholine rings is 1. The first-order valence-electron chi connectivity index (χ1n) is 8.99. The van der Waals surface area contributed by atoms with Crippen LogP contribution in [0.2, 0.25) is 0 Å². The van der Waals surface area contributed by atoms with Crippen LogP contribution in [0, 0.1) is 0 Å². The molecule has 6 heteroatoms. The van der Waals surface area contributed by atoms with Crippen molar-refractivity contribution in [1.82, 2.24) is 9.78 Å². The average molecular weight is 365 g/mol. The van der Waals surface area contributed by atoms with E-state index in [0.29, 0.717) is 11.5 Å². The molecule has 0 radical (unpaired) electrons. The molecule has 6 nitrogen and oxygen atoms in total. The Balaban J connectivity index is 1.64. The molecule has 0 atom stereocenters. The van der Waals surface area contributed by atoms with Crippen LogP contribution in [0.5, 0.6) is 11.5 Å². The molecule has 0 bridgehead atoms. The smallest absolute Gasteiger partial charge is 0.161 e. The van der Waals surface area contributed by atoms with Gasteiger partial charge in [-0.05, 0) is 48.5 Å². The Hall–Kier alpha value is -2.99. The van der Waals surface area contributed by atoms with Gasteiger partial charge in [0.05, 0.1) is 45.0 Å². The minimum Gasteiger partial charge on any atom is -0.493 e. The van der Waals surface area contributed by atoms with Crippen molar-refractivity contribution in [2.75, 3.05) is 45.4 Å². The second-order valence-corrected chi connectivity index (χ2v) is 6.31. The first kappa shape index (κ1) is 17.4. The molecule has 1 fully saturated rings. The van der Waals surface area contributed by atoms with E-state index in [0.717, 1.165) is 43.2 Å². The van der Waals surface area contributed by atoms with Crippen LogP contribution in [0.15, 0.2) is 54.7 Å². The number of rotatable bonds is 5. The van der Waals surface area contributed by atoms with Gasteiger partial charge >= 0.3 is 0 Å². The Labute approximate surface area is 158 Å². The van der Waals surface area contributed by atoms with Gasteiger partial charge in [0.1, 0.15) is 0 Å². The summed E-state index contributed by atoms with van der Waals surface area (Å²) < 4.78 is 18.1. The fourth-order valence-corrected chi connectivity index (χ4v) is 3.35. The third-order valence-electron chi connectivity index (χ3n) is 4.79. The van der Waals surface area contributed by atoms with Crippen LogP contribution >= 0.6 is 0 Å². The maximum Gasteiger partial charge on any atom is 0.161 e. The standard InChI is InChI=1S/C21H23N3O3/c1-25-20-8-3-16(15-21(20)26-2)19-9-10-22-24(19)18-6-4-17(5-7-18)23-11-13-27-14-12-23/h3-10,15H,11-14H2,1-2H3. The van der Waals surface area contributed by atoms with Crippen molar-refractivity contribution < 1.29 is 14.2 Å². The predicted molar refractivity (Wildman–Crippen MR) is 105 cm³/mol. The summed E-state index contributed by atoms with van der Waals surface area (Å²) >= 11 is 0. The van der Waals surface area contributed by atoms with E-state index in [1.165, 1.54) is 5.69 Å². The SMILES string of the molecule is COc1ccc(-c2ccnn2-c2ccc(N3CCOCC3)cc2)cc1OC. The van der Waals surface area contributed by atoms with Gasteiger partial charge in [0, 0.05) is 24.3 Å². The van der Waals surface area contributed by atoms with Crippen LogP contribution in [0.25, 0.3) is 16.9 Å². The van der Waals surface area contributed by atoms with Crippen LogP contribution in [-0.4, -0.2) is 50.3 Å². The van der Waals surface area contributed by atoms with E-state index in [1.54, 1.807) is 14.2 Å². The number of hydrogen-bond acceptors (Lipinski definition) is 5. The van der Waals surface area contributed by atoms with E-state index in [2.05, 4.69) is 34.3 Å². The molecule has 0 aliphatic carbocycles. The first-order valence-corrected chi connectivity index (χ1v) is 8.99. The number of ether oxygens (including phenoxy) is 3. The Morgan fingerprint density at radius 3 is 2.26 bits per heavy atom. The van der Waals surface area contributed by atoms with Crippen molar-refractivity contribution in [2.24, 2.45) is 0 Å². The second-order valence-electron chi connectivity index (χ2n) is 6.31. The highest BCUT2D eigenvalue weighted by Gasteiger charge is 2.13. The Morgan fingerprint density at radius 2 is 1.56 bits per heavy atom. The van der Waals surface area contributed by atoms with E-state index in [9.17, 15) is 0 Å². The lowest BCUT2D eigenvalue weighted by Crippen LogP contribution is -2.36. The van der Waals surface area contributed by atoms with Crippen molar-refractivity contribution in [3.8, 4) is 28.4 Å². The number of anilines is 1. The minimum atomic E-state index is 0.699. The zero-order valence-corrected chi connectivity index (χ0v) is 15.6. The molecular weight excluding hydrogens is 342 g/mol. The normalized spacial score (nSPS) is 14.2. The molecule has 2 aromatic carbocycles. The monoisotopic (exact) mass is 365 g/mol. The summed E-state index contributed by atoms with van der Waals surface area (Å²) in [6.45, 7) is 3.42. The molecule has 1 saturated heterocycles. The molecule has 140 valence electrons. The van der Waals surface area contributed by atoms with Crippen molar-refractivity contribution in [3.05, 3.63) is 54.7 Å². The lowest BCUT2D eigenvalue weighted by atomic mass is 10.1. The van der Waals surface area contributed by atoms with Gasteiger partial charge in [0.25, 0.3) is 0 Å². The van der Waals surface area contributed by atoms with Gasteiger partial charge < -0.3 is 19.1 Å². The molecule has 4 rings (SSSR count). The van der Waals surface area contributed by atoms with Gasteiger partial charge in [-0.2, -0.15) is 5.10 Å². The molecule has 1 aliphatic rings. The van der Waals surface area contributed by atoms with Crippen LogP contribution in [0.1, 0.15) is 0 Å². The summed E-state index contributed by atoms with van der Waals surface area (Å²) in [4.78, 5) is 2.34. The number of aromatic nitrogens is 2. The maximum atomic E-state index is 5.43. The fourth-order valence-electron chi connectivity index (χ4n) is 3.35. The molecule has 3 aromatic rings. The lowest BCUT2D eigenvalue weighted by molar-refractivity contribution is 0.122. The highest BCUT2D eigenvalue weighted by molar-refractivity contribution is 5.66. The molecule has 0 amide bonds. The number of hydrogen-bond donors (Lipinski definition) is 0. The Morgan fingerprint density at radius 1 is 0.852 bits per heavy atom. The molecule has 0 unspecified atom stereocenters. The van der Waals surface area contributed by atoms with Crippen LogP contribution in [0.4, 0.5) is 5.69 Å². The molecule has 2 heterocycles. The minimum absolute atomic E-state index is 0.699. The third kappa shape index (κ3) is 3.48. The van der Waals surface area contributed by atoms with Gasteiger partial charge in [0.2, 0.25) is 0 Å². The summed E-state index contributed by atoms with van der Waals surface area (Å²) in [5, 5.41) is 4.51. The van der Waals surface area contributed by atoms with E-state index < -0.39 is 0 Å².